The monoisotopic (exact) mass is 403 g/mol. The van der Waals surface area contributed by atoms with E-state index in [0.717, 1.165) is 12.1 Å². The molecule has 0 saturated heterocycles. The van der Waals surface area contributed by atoms with Crippen LogP contribution >= 0.6 is 0 Å². The summed E-state index contributed by atoms with van der Waals surface area (Å²) in [6, 6.07) is 1.77. The van der Waals surface area contributed by atoms with Gasteiger partial charge in [0.2, 0.25) is 0 Å². The first-order valence-corrected chi connectivity index (χ1v) is 7.99. The number of halogens is 7. The number of alkyl halides is 6. The van der Waals surface area contributed by atoms with Crippen LogP contribution in [0.2, 0.25) is 0 Å². The van der Waals surface area contributed by atoms with E-state index in [1.165, 1.54) is 0 Å². The molecule has 0 fully saturated rings. The lowest BCUT2D eigenvalue weighted by molar-refractivity contribution is -0.143. The minimum atomic E-state index is -5.24. The van der Waals surface area contributed by atoms with E-state index in [1.54, 1.807) is 4.72 Å². The molecule has 2 rings (SSSR count). The van der Waals surface area contributed by atoms with Crippen LogP contribution in [0.5, 0.6) is 5.75 Å². The van der Waals surface area contributed by atoms with E-state index in [9.17, 15) is 44.3 Å². The molecular formula is C14H8F7NO3S. The van der Waals surface area contributed by atoms with Crippen molar-refractivity contribution in [1.82, 2.24) is 0 Å². The Hall–Kier alpha value is -2.50. The van der Waals surface area contributed by atoms with Gasteiger partial charge < -0.3 is 5.11 Å². The van der Waals surface area contributed by atoms with Crippen molar-refractivity contribution in [1.29, 1.82) is 0 Å². The van der Waals surface area contributed by atoms with Gasteiger partial charge in [0.1, 0.15) is 11.6 Å². The molecule has 0 aromatic heterocycles. The zero-order valence-corrected chi connectivity index (χ0v) is 13.1. The molecule has 0 heterocycles. The Kier molecular flexibility index (Phi) is 4.83. The maximum atomic E-state index is 13.1. The van der Waals surface area contributed by atoms with E-state index in [4.69, 9.17) is 0 Å². The molecule has 0 radical (unpaired) electrons. The minimum absolute atomic E-state index is 0.00603. The first-order chi connectivity index (χ1) is 11.7. The fourth-order valence-electron chi connectivity index (χ4n) is 1.88. The summed E-state index contributed by atoms with van der Waals surface area (Å²) in [7, 11) is -4.99. The van der Waals surface area contributed by atoms with Gasteiger partial charge >= 0.3 is 12.4 Å². The van der Waals surface area contributed by atoms with Crippen LogP contribution in [-0.2, 0) is 22.4 Å². The Morgan fingerprint density at radius 3 is 1.81 bits per heavy atom. The fourth-order valence-corrected chi connectivity index (χ4v) is 3.01. The first kappa shape index (κ1) is 19.8. The highest BCUT2D eigenvalue weighted by Crippen LogP contribution is 2.38. The second-order valence-electron chi connectivity index (χ2n) is 5.01. The lowest BCUT2D eigenvalue weighted by Gasteiger charge is -2.15. The molecule has 0 aliphatic rings. The molecule has 0 saturated carbocycles. The van der Waals surface area contributed by atoms with Gasteiger partial charge in [-0.25, -0.2) is 12.8 Å². The normalized spacial score (nSPS) is 12.9. The van der Waals surface area contributed by atoms with Crippen molar-refractivity contribution in [2.24, 2.45) is 0 Å². The topological polar surface area (TPSA) is 66.4 Å². The van der Waals surface area contributed by atoms with E-state index in [2.05, 4.69) is 0 Å². The molecule has 26 heavy (non-hydrogen) atoms. The lowest BCUT2D eigenvalue weighted by Crippen LogP contribution is -2.17. The molecule has 0 spiro atoms. The smallest absolute Gasteiger partial charge is 0.416 e. The molecule has 0 bridgehead atoms. The molecule has 0 amide bonds. The molecule has 12 heteroatoms. The maximum Gasteiger partial charge on any atom is 0.416 e. The average Bonchev–Trinajstić information content (AvgIpc) is 2.48. The lowest BCUT2D eigenvalue weighted by atomic mass is 10.1. The minimum Gasteiger partial charge on any atom is -0.506 e. The van der Waals surface area contributed by atoms with Crippen molar-refractivity contribution < 1.29 is 44.3 Å². The van der Waals surface area contributed by atoms with E-state index < -0.39 is 55.7 Å². The number of rotatable bonds is 3. The van der Waals surface area contributed by atoms with Gasteiger partial charge in [-0.15, -0.1) is 0 Å². The summed E-state index contributed by atoms with van der Waals surface area (Å²) in [6.45, 7) is 0. The third-order valence-corrected chi connectivity index (χ3v) is 4.42. The zero-order chi connectivity index (χ0) is 19.9. The fraction of sp³-hybridized carbons (Fsp3) is 0.143. The number of hydrogen-bond acceptors (Lipinski definition) is 3. The molecule has 2 aromatic carbocycles. The molecule has 0 aliphatic carbocycles. The summed E-state index contributed by atoms with van der Waals surface area (Å²) >= 11 is 0. The third-order valence-electron chi connectivity index (χ3n) is 3.07. The van der Waals surface area contributed by atoms with Gasteiger partial charge in [0, 0.05) is 6.07 Å². The predicted molar refractivity (Wildman–Crippen MR) is 75.3 cm³/mol. The standard InChI is InChI=1S/C14H8F7NO3S/c15-9-1-2-12(23)11(6-9)22-26(24,25)10-4-7(13(16,17)18)3-8(5-10)14(19,20)21/h1-6,22-23H. The molecule has 0 unspecified atom stereocenters. The highest BCUT2D eigenvalue weighted by atomic mass is 32.2. The molecule has 2 N–H and O–H groups in total. The molecule has 0 atom stereocenters. The van der Waals surface area contributed by atoms with Crippen LogP contribution in [0.1, 0.15) is 11.1 Å². The molecule has 0 aliphatic heterocycles. The van der Waals surface area contributed by atoms with E-state index in [0.29, 0.717) is 6.07 Å². The van der Waals surface area contributed by atoms with Crippen molar-refractivity contribution in [3.05, 3.63) is 53.3 Å². The molecular weight excluding hydrogens is 395 g/mol. The van der Waals surface area contributed by atoms with Crippen molar-refractivity contribution >= 4 is 15.7 Å². The Balaban J connectivity index is 2.60. The van der Waals surface area contributed by atoms with E-state index in [-0.39, 0.29) is 18.2 Å². The maximum absolute atomic E-state index is 13.1. The number of hydrogen-bond donors (Lipinski definition) is 2. The second-order valence-corrected chi connectivity index (χ2v) is 6.69. The van der Waals surface area contributed by atoms with Crippen LogP contribution in [-0.4, -0.2) is 13.5 Å². The second kappa shape index (κ2) is 6.34. The summed E-state index contributed by atoms with van der Waals surface area (Å²) in [4.78, 5) is -1.36. The first-order valence-electron chi connectivity index (χ1n) is 6.51. The quantitative estimate of drug-likeness (QED) is 0.591. The van der Waals surface area contributed by atoms with Crippen LogP contribution in [0, 0.1) is 5.82 Å². The highest BCUT2D eigenvalue weighted by Gasteiger charge is 2.38. The van der Waals surface area contributed by atoms with Gasteiger partial charge in [-0.1, -0.05) is 0 Å². The molecule has 142 valence electrons. The van der Waals surface area contributed by atoms with Crippen LogP contribution < -0.4 is 4.72 Å². The average molecular weight is 403 g/mol. The molecule has 4 nitrogen and oxygen atoms in total. The summed E-state index contributed by atoms with van der Waals surface area (Å²) in [6.07, 6.45) is -10.5. The van der Waals surface area contributed by atoms with Gasteiger partial charge in [-0.2, -0.15) is 26.3 Å². The summed E-state index contributed by atoms with van der Waals surface area (Å²) < 4.78 is 116. The number of sulfonamides is 1. The Morgan fingerprint density at radius 2 is 1.35 bits per heavy atom. The Labute approximate surface area is 141 Å². The molecule has 2 aromatic rings. The summed E-state index contributed by atoms with van der Waals surface area (Å²) in [5.74, 6) is -1.78. The van der Waals surface area contributed by atoms with Crippen molar-refractivity contribution in [2.75, 3.05) is 4.72 Å². The summed E-state index contributed by atoms with van der Waals surface area (Å²) in [5.41, 5.74) is -4.43. The van der Waals surface area contributed by atoms with Gasteiger partial charge in [0.25, 0.3) is 10.0 Å². The van der Waals surface area contributed by atoms with Crippen molar-refractivity contribution in [3.63, 3.8) is 0 Å². The van der Waals surface area contributed by atoms with Gasteiger partial charge in [-0.05, 0) is 30.3 Å². The number of phenols is 1. The Bertz CT molecular complexity index is 904. The van der Waals surface area contributed by atoms with Crippen molar-refractivity contribution in [2.45, 2.75) is 17.2 Å². The number of anilines is 1. The van der Waals surface area contributed by atoms with Crippen LogP contribution in [0.4, 0.5) is 36.4 Å². The number of nitrogens with one attached hydrogen (secondary N) is 1. The van der Waals surface area contributed by atoms with Crippen LogP contribution in [0.15, 0.2) is 41.3 Å². The van der Waals surface area contributed by atoms with Crippen LogP contribution in [0.3, 0.4) is 0 Å². The summed E-state index contributed by atoms with van der Waals surface area (Å²) in [5, 5.41) is 9.46. The third kappa shape index (κ3) is 4.36. The van der Waals surface area contributed by atoms with Gasteiger partial charge in [0.15, 0.2) is 0 Å². The SMILES string of the molecule is O=S(=O)(Nc1cc(F)ccc1O)c1cc(C(F)(F)F)cc(C(F)(F)F)c1. The largest absolute Gasteiger partial charge is 0.506 e. The zero-order valence-electron chi connectivity index (χ0n) is 12.3. The van der Waals surface area contributed by atoms with Gasteiger partial charge in [-0.3, -0.25) is 4.72 Å². The van der Waals surface area contributed by atoms with Crippen molar-refractivity contribution in [3.8, 4) is 5.75 Å². The number of benzene rings is 2. The van der Waals surface area contributed by atoms with Crippen LogP contribution in [0.25, 0.3) is 0 Å². The van der Waals surface area contributed by atoms with E-state index >= 15 is 0 Å². The highest BCUT2D eigenvalue weighted by molar-refractivity contribution is 7.92. The van der Waals surface area contributed by atoms with E-state index in [1.807, 2.05) is 0 Å². The number of phenolic OH excluding ortho intramolecular Hbond substituents is 1. The predicted octanol–water partition coefficient (Wildman–Crippen LogP) is 4.37. The van der Waals surface area contributed by atoms with Gasteiger partial charge in [0.05, 0.1) is 21.7 Å². The number of aromatic hydroxyl groups is 1. The Morgan fingerprint density at radius 1 is 0.846 bits per heavy atom.